The van der Waals surface area contributed by atoms with Crippen molar-refractivity contribution in [1.29, 1.82) is 0 Å². The molecule has 4 rings (SSSR count). The lowest BCUT2D eigenvalue weighted by atomic mass is 10.1. The summed E-state index contributed by atoms with van der Waals surface area (Å²) in [6.07, 6.45) is 2.61. The number of anilines is 1. The molecular formula is C21H21N3O3S. The van der Waals surface area contributed by atoms with Crippen molar-refractivity contribution >= 4 is 32.5 Å². The molecule has 1 fully saturated rings. The van der Waals surface area contributed by atoms with E-state index in [1.54, 1.807) is 12.3 Å². The summed E-state index contributed by atoms with van der Waals surface area (Å²) in [6, 6.07) is 17.1. The van der Waals surface area contributed by atoms with Crippen molar-refractivity contribution in [2.24, 2.45) is 0 Å². The van der Waals surface area contributed by atoms with Gasteiger partial charge in [0.15, 0.2) is 0 Å². The van der Waals surface area contributed by atoms with Crippen LogP contribution in [0.3, 0.4) is 0 Å². The molecule has 3 aromatic rings. The van der Waals surface area contributed by atoms with Crippen LogP contribution in [0.25, 0.3) is 10.9 Å². The normalized spacial score (nSPS) is 15.6. The number of fused-ring (bicyclic) bond motifs is 1. The number of benzene rings is 2. The Morgan fingerprint density at radius 2 is 1.93 bits per heavy atom. The van der Waals surface area contributed by atoms with Crippen LogP contribution < -0.4 is 9.62 Å². The standard InChI is InChI=1S/C21H21N3O3S/c25-21(13-17-11-18-6-1-2-8-20(18)22-15-17)23-14-16-5-3-7-19(12-16)24-9-4-10-28(24,26)27/h1-3,5-8,11-12,15H,4,9-10,13-14H2,(H,23,25). The third-order valence-corrected chi connectivity index (χ3v) is 6.67. The van der Waals surface area contributed by atoms with E-state index in [2.05, 4.69) is 10.3 Å². The van der Waals surface area contributed by atoms with E-state index in [0.717, 1.165) is 22.0 Å². The largest absolute Gasteiger partial charge is 0.352 e. The summed E-state index contributed by atoms with van der Waals surface area (Å²) >= 11 is 0. The molecule has 2 heterocycles. The Bertz CT molecular complexity index is 1130. The minimum atomic E-state index is -3.21. The first kappa shape index (κ1) is 18.4. The maximum atomic E-state index is 12.3. The van der Waals surface area contributed by atoms with Crippen LogP contribution in [0, 0.1) is 0 Å². The van der Waals surface area contributed by atoms with Crippen LogP contribution in [-0.4, -0.2) is 31.6 Å². The summed E-state index contributed by atoms with van der Waals surface area (Å²) in [5.74, 6) is 0.0876. The van der Waals surface area contributed by atoms with Crippen molar-refractivity contribution in [2.75, 3.05) is 16.6 Å². The number of pyridine rings is 1. The molecule has 1 saturated heterocycles. The van der Waals surface area contributed by atoms with Crippen LogP contribution in [0.2, 0.25) is 0 Å². The summed E-state index contributed by atoms with van der Waals surface area (Å²) < 4.78 is 25.6. The van der Waals surface area contributed by atoms with Gasteiger partial charge >= 0.3 is 0 Å². The number of nitrogens with one attached hydrogen (secondary N) is 1. The van der Waals surface area contributed by atoms with Crippen LogP contribution in [0.1, 0.15) is 17.5 Å². The van der Waals surface area contributed by atoms with Gasteiger partial charge in [-0.1, -0.05) is 30.3 Å². The highest BCUT2D eigenvalue weighted by molar-refractivity contribution is 7.93. The predicted molar refractivity (Wildman–Crippen MR) is 109 cm³/mol. The number of hydrogen-bond acceptors (Lipinski definition) is 4. The molecule has 1 aliphatic heterocycles. The van der Waals surface area contributed by atoms with Gasteiger partial charge in [0.05, 0.1) is 23.4 Å². The van der Waals surface area contributed by atoms with Gasteiger partial charge in [0.2, 0.25) is 15.9 Å². The van der Waals surface area contributed by atoms with E-state index in [9.17, 15) is 13.2 Å². The average Bonchev–Trinajstić information content (AvgIpc) is 3.05. The van der Waals surface area contributed by atoms with E-state index in [0.29, 0.717) is 25.2 Å². The predicted octanol–water partition coefficient (Wildman–Crippen LogP) is 2.63. The third kappa shape index (κ3) is 3.99. The molecule has 0 unspecified atom stereocenters. The van der Waals surface area contributed by atoms with E-state index in [1.807, 2.05) is 48.5 Å². The number of nitrogens with zero attached hydrogens (tertiary/aromatic N) is 2. The zero-order valence-electron chi connectivity index (χ0n) is 15.3. The number of hydrogen-bond donors (Lipinski definition) is 1. The Morgan fingerprint density at radius 3 is 2.75 bits per heavy atom. The molecule has 0 radical (unpaired) electrons. The number of carbonyl (C=O) groups is 1. The van der Waals surface area contributed by atoms with Crippen LogP contribution in [0.5, 0.6) is 0 Å². The molecule has 0 spiro atoms. The van der Waals surface area contributed by atoms with Crippen molar-refractivity contribution in [1.82, 2.24) is 10.3 Å². The van der Waals surface area contributed by atoms with Gasteiger partial charge in [-0.25, -0.2) is 8.42 Å². The second-order valence-electron chi connectivity index (χ2n) is 6.90. The Labute approximate surface area is 164 Å². The highest BCUT2D eigenvalue weighted by atomic mass is 32.2. The molecule has 0 saturated carbocycles. The van der Waals surface area contributed by atoms with E-state index in [1.165, 1.54) is 4.31 Å². The quantitative estimate of drug-likeness (QED) is 0.720. The molecule has 0 aliphatic carbocycles. The molecule has 0 bridgehead atoms. The van der Waals surface area contributed by atoms with Gasteiger partial charge < -0.3 is 5.32 Å². The van der Waals surface area contributed by atoms with Crippen molar-refractivity contribution in [3.63, 3.8) is 0 Å². The molecule has 7 heteroatoms. The zero-order chi connectivity index (χ0) is 19.6. The van der Waals surface area contributed by atoms with Gasteiger partial charge in [-0.05, 0) is 41.8 Å². The summed E-state index contributed by atoms with van der Waals surface area (Å²) in [7, 11) is -3.21. The molecule has 1 aliphatic rings. The Balaban J connectivity index is 1.40. The fourth-order valence-electron chi connectivity index (χ4n) is 3.41. The van der Waals surface area contributed by atoms with Crippen molar-refractivity contribution < 1.29 is 13.2 Å². The zero-order valence-corrected chi connectivity index (χ0v) is 16.2. The second-order valence-corrected chi connectivity index (χ2v) is 8.91. The first-order valence-electron chi connectivity index (χ1n) is 9.21. The summed E-state index contributed by atoms with van der Waals surface area (Å²) in [5.41, 5.74) is 3.28. The van der Waals surface area contributed by atoms with Crippen LogP contribution >= 0.6 is 0 Å². The van der Waals surface area contributed by atoms with Gasteiger partial charge in [-0.15, -0.1) is 0 Å². The molecule has 0 atom stereocenters. The minimum absolute atomic E-state index is 0.101. The lowest BCUT2D eigenvalue weighted by Crippen LogP contribution is -2.26. The molecule has 2 aromatic carbocycles. The fraction of sp³-hybridized carbons (Fsp3) is 0.238. The Hall–Kier alpha value is -2.93. The third-order valence-electron chi connectivity index (χ3n) is 4.80. The van der Waals surface area contributed by atoms with Crippen molar-refractivity contribution in [2.45, 2.75) is 19.4 Å². The van der Waals surface area contributed by atoms with E-state index in [-0.39, 0.29) is 18.1 Å². The number of amides is 1. The molecule has 144 valence electrons. The molecular weight excluding hydrogens is 374 g/mol. The van der Waals surface area contributed by atoms with Gasteiger partial charge in [0, 0.05) is 24.7 Å². The maximum absolute atomic E-state index is 12.3. The smallest absolute Gasteiger partial charge is 0.235 e. The van der Waals surface area contributed by atoms with Crippen molar-refractivity contribution in [3.8, 4) is 0 Å². The molecule has 1 aromatic heterocycles. The molecule has 28 heavy (non-hydrogen) atoms. The lowest BCUT2D eigenvalue weighted by Gasteiger charge is -2.17. The number of sulfonamides is 1. The van der Waals surface area contributed by atoms with Gasteiger partial charge in [0.1, 0.15) is 0 Å². The van der Waals surface area contributed by atoms with Gasteiger partial charge in [-0.2, -0.15) is 0 Å². The van der Waals surface area contributed by atoms with E-state index >= 15 is 0 Å². The highest BCUT2D eigenvalue weighted by Gasteiger charge is 2.28. The number of carbonyl (C=O) groups excluding carboxylic acids is 1. The van der Waals surface area contributed by atoms with Crippen molar-refractivity contribution in [3.05, 3.63) is 71.9 Å². The number of aromatic nitrogens is 1. The maximum Gasteiger partial charge on any atom is 0.235 e. The lowest BCUT2D eigenvalue weighted by molar-refractivity contribution is -0.120. The van der Waals surface area contributed by atoms with Crippen LogP contribution in [0.15, 0.2) is 60.8 Å². The van der Waals surface area contributed by atoms with Gasteiger partial charge in [-0.3, -0.25) is 14.1 Å². The summed E-state index contributed by atoms with van der Waals surface area (Å²) in [6.45, 7) is 0.856. The molecule has 1 amide bonds. The topological polar surface area (TPSA) is 79.4 Å². The Kier molecular flexibility index (Phi) is 5.00. The van der Waals surface area contributed by atoms with Gasteiger partial charge in [0.25, 0.3) is 0 Å². The number of para-hydroxylation sites is 1. The monoisotopic (exact) mass is 395 g/mol. The number of rotatable bonds is 5. The summed E-state index contributed by atoms with van der Waals surface area (Å²) in [4.78, 5) is 16.7. The van der Waals surface area contributed by atoms with E-state index < -0.39 is 10.0 Å². The second kappa shape index (κ2) is 7.59. The Morgan fingerprint density at radius 1 is 1.07 bits per heavy atom. The minimum Gasteiger partial charge on any atom is -0.352 e. The highest BCUT2D eigenvalue weighted by Crippen LogP contribution is 2.24. The van der Waals surface area contributed by atoms with Crippen LogP contribution in [0.4, 0.5) is 5.69 Å². The summed E-state index contributed by atoms with van der Waals surface area (Å²) in [5, 5.41) is 3.91. The first-order valence-corrected chi connectivity index (χ1v) is 10.8. The SMILES string of the molecule is O=C(Cc1cnc2ccccc2c1)NCc1cccc(N2CCCS2(=O)=O)c1. The first-order chi connectivity index (χ1) is 13.5. The van der Waals surface area contributed by atoms with Crippen LogP contribution in [-0.2, 0) is 27.8 Å². The molecule has 1 N–H and O–H groups in total. The average molecular weight is 395 g/mol. The van der Waals surface area contributed by atoms with E-state index in [4.69, 9.17) is 0 Å². The molecule has 6 nitrogen and oxygen atoms in total. The fourth-order valence-corrected chi connectivity index (χ4v) is 4.97.